The number of methoxy groups -OCH3 is 1. The lowest BCUT2D eigenvalue weighted by atomic mass is 10.2. The fraction of sp³-hybridized carbons (Fsp3) is 0.231. The molecule has 0 aliphatic carbocycles. The summed E-state index contributed by atoms with van der Waals surface area (Å²) in [6, 6.07) is 6.32. The Hall–Kier alpha value is -1.72. The SMILES string of the molecule is COCc1nc(Cl)cc(Nc2cc(C)ccc2F)n1. The van der Waals surface area contributed by atoms with E-state index in [1.807, 2.05) is 6.92 Å². The fourth-order valence-electron chi connectivity index (χ4n) is 1.60. The maximum absolute atomic E-state index is 13.6. The summed E-state index contributed by atoms with van der Waals surface area (Å²) in [5, 5.41) is 3.16. The number of aryl methyl sites for hydroxylation is 1. The molecule has 2 aromatic rings. The van der Waals surface area contributed by atoms with Crippen molar-refractivity contribution in [2.45, 2.75) is 13.5 Å². The van der Waals surface area contributed by atoms with E-state index in [4.69, 9.17) is 16.3 Å². The summed E-state index contributed by atoms with van der Waals surface area (Å²) in [5.41, 5.74) is 1.29. The summed E-state index contributed by atoms with van der Waals surface area (Å²) in [4.78, 5) is 8.19. The molecular formula is C13H13ClFN3O. The first-order valence-corrected chi connectivity index (χ1v) is 6.02. The Morgan fingerprint density at radius 3 is 2.84 bits per heavy atom. The molecular weight excluding hydrogens is 269 g/mol. The summed E-state index contributed by atoms with van der Waals surface area (Å²) in [6.45, 7) is 2.12. The normalized spacial score (nSPS) is 10.5. The Labute approximate surface area is 115 Å². The van der Waals surface area contributed by atoms with Crippen molar-refractivity contribution in [2.75, 3.05) is 12.4 Å². The quantitative estimate of drug-likeness (QED) is 0.872. The van der Waals surface area contributed by atoms with Crippen molar-refractivity contribution in [3.05, 3.63) is 46.6 Å². The van der Waals surface area contributed by atoms with Gasteiger partial charge >= 0.3 is 0 Å². The average Bonchev–Trinajstić information content (AvgIpc) is 2.33. The van der Waals surface area contributed by atoms with Crippen LogP contribution in [0, 0.1) is 12.7 Å². The van der Waals surface area contributed by atoms with Gasteiger partial charge in [0, 0.05) is 13.2 Å². The van der Waals surface area contributed by atoms with Gasteiger partial charge in [-0.15, -0.1) is 0 Å². The highest BCUT2D eigenvalue weighted by molar-refractivity contribution is 6.29. The predicted molar refractivity (Wildman–Crippen MR) is 72.2 cm³/mol. The van der Waals surface area contributed by atoms with Crippen LogP contribution in [0.1, 0.15) is 11.4 Å². The number of benzene rings is 1. The number of anilines is 2. The van der Waals surface area contributed by atoms with Crippen LogP contribution < -0.4 is 5.32 Å². The molecule has 0 saturated carbocycles. The van der Waals surface area contributed by atoms with Crippen LogP contribution >= 0.6 is 11.6 Å². The third-order valence-corrected chi connectivity index (χ3v) is 2.59. The van der Waals surface area contributed by atoms with Gasteiger partial charge in [-0.2, -0.15) is 0 Å². The van der Waals surface area contributed by atoms with Gasteiger partial charge in [-0.05, 0) is 24.6 Å². The number of ether oxygens (including phenoxy) is 1. The summed E-state index contributed by atoms with van der Waals surface area (Å²) in [7, 11) is 1.54. The molecule has 0 atom stereocenters. The number of halogens is 2. The number of nitrogens with zero attached hydrogens (tertiary/aromatic N) is 2. The van der Waals surface area contributed by atoms with Crippen LogP contribution in [0.3, 0.4) is 0 Å². The molecule has 0 spiro atoms. The number of aromatic nitrogens is 2. The smallest absolute Gasteiger partial charge is 0.158 e. The van der Waals surface area contributed by atoms with Crippen molar-refractivity contribution >= 4 is 23.1 Å². The van der Waals surface area contributed by atoms with Crippen LogP contribution in [0.4, 0.5) is 15.9 Å². The fourth-order valence-corrected chi connectivity index (χ4v) is 1.80. The third kappa shape index (κ3) is 3.62. The molecule has 0 aliphatic rings. The molecule has 1 N–H and O–H groups in total. The van der Waals surface area contributed by atoms with Crippen LogP contribution in [0.5, 0.6) is 0 Å². The summed E-state index contributed by atoms with van der Waals surface area (Å²) < 4.78 is 18.6. The van der Waals surface area contributed by atoms with E-state index in [9.17, 15) is 4.39 Å². The van der Waals surface area contributed by atoms with Gasteiger partial charge in [-0.1, -0.05) is 17.7 Å². The molecule has 0 saturated heterocycles. The molecule has 0 unspecified atom stereocenters. The monoisotopic (exact) mass is 281 g/mol. The van der Waals surface area contributed by atoms with Crippen molar-refractivity contribution in [3.63, 3.8) is 0 Å². The molecule has 2 rings (SSSR count). The second-order valence-corrected chi connectivity index (χ2v) is 4.42. The van der Waals surface area contributed by atoms with Gasteiger partial charge in [0.05, 0.1) is 5.69 Å². The van der Waals surface area contributed by atoms with Gasteiger partial charge < -0.3 is 10.1 Å². The van der Waals surface area contributed by atoms with Crippen LogP contribution in [0.15, 0.2) is 24.3 Å². The van der Waals surface area contributed by atoms with Crippen molar-refractivity contribution in [1.82, 2.24) is 9.97 Å². The van der Waals surface area contributed by atoms with E-state index in [1.165, 1.54) is 19.2 Å². The second-order valence-electron chi connectivity index (χ2n) is 4.03. The largest absolute Gasteiger partial charge is 0.377 e. The molecule has 1 aromatic heterocycles. The van der Waals surface area contributed by atoms with Gasteiger partial charge in [0.1, 0.15) is 23.4 Å². The topological polar surface area (TPSA) is 47.0 Å². The number of hydrogen-bond donors (Lipinski definition) is 1. The van der Waals surface area contributed by atoms with E-state index >= 15 is 0 Å². The summed E-state index contributed by atoms with van der Waals surface area (Å²) >= 11 is 5.88. The first-order valence-electron chi connectivity index (χ1n) is 5.64. The highest BCUT2D eigenvalue weighted by Crippen LogP contribution is 2.21. The third-order valence-electron chi connectivity index (χ3n) is 2.40. The van der Waals surface area contributed by atoms with Gasteiger partial charge in [0.25, 0.3) is 0 Å². The van der Waals surface area contributed by atoms with E-state index in [-0.39, 0.29) is 17.6 Å². The van der Waals surface area contributed by atoms with Crippen LogP contribution in [0.2, 0.25) is 5.15 Å². The maximum Gasteiger partial charge on any atom is 0.158 e. The van der Waals surface area contributed by atoms with E-state index in [0.29, 0.717) is 17.3 Å². The average molecular weight is 282 g/mol. The van der Waals surface area contributed by atoms with E-state index < -0.39 is 0 Å². The van der Waals surface area contributed by atoms with Crippen molar-refractivity contribution in [1.29, 1.82) is 0 Å². The van der Waals surface area contributed by atoms with Gasteiger partial charge in [0.2, 0.25) is 0 Å². The Balaban J connectivity index is 2.29. The minimum Gasteiger partial charge on any atom is -0.377 e. The van der Waals surface area contributed by atoms with Crippen molar-refractivity contribution in [3.8, 4) is 0 Å². The zero-order valence-corrected chi connectivity index (χ0v) is 11.3. The number of nitrogens with one attached hydrogen (secondary N) is 1. The lowest BCUT2D eigenvalue weighted by Gasteiger charge is -2.09. The molecule has 0 amide bonds. The van der Waals surface area contributed by atoms with E-state index in [1.54, 1.807) is 12.1 Å². The molecule has 4 nitrogen and oxygen atoms in total. The van der Waals surface area contributed by atoms with Gasteiger partial charge in [-0.3, -0.25) is 0 Å². The van der Waals surface area contributed by atoms with E-state index in [2.05, 4.69) is 15.3 Å². The zero-order chi connectivity index (χ0) is 13.8. The maximum atomic E-state index is 13.6. The molecule has 0 radical (unpaired) electrons. The lowest BCUT2D eigenvalue weighted by molar-refractivity contribution is 0.178. The molecule has 0 aliphatic heterocycles. The van der Waals surface area contributed by atoms with Crippen molar-refractivity contribution in [2.24, 2.45) is 0 Å². The predicted octanol–water partition coefficient (Wildman–Crippen LogP) is 3.47. The number of rotatable bonds is 4. The zero-order valence-electron chi connectivity index (χ0n) is 10.6. The number of hydrogen-bond acceptors (Lipinski definition) is 4. The summed E-state index contributed by atoms with van der Waals surface area (Å²) in [6.07, 6.45) is 0. The molecule has 0 fully saturated rings. The first kappa shape index (κ1) is 13.7. The molecule has 6 heteroatoms. The molecule has 1 heterocycles. The van der Waals surface area contributed by atoms with Crippen LogP contribution in [-0.2, 0) is 11.3 Å². The Bertz CT molecular complexity index is 592. The van der Waals surface area contributed by atoms with Gasteiger partial charge in [0.15, 0.2) is 5.82 Å². The lowest BCUT2D eigenvalue weighted by Crippen LogP contribution is -2.02. The minimum absolute atomic E-state index is 0.242. The second kappa shape index (κ2) is 5.95. The Kier molecular flexibility index (Phi) is 4.29. The molecule has 19 heavy (non-hydrogen) atoms. The highest BCUT2D eigenvalue weighted by Gasteiger charge is 2.07. The van der Waals surface area contributed by atoms with E-state index in [0.717, 1.165) is 5.56 Å². The Morgan fingerprint density at radius 2 is 2.11 bits per heavy atom. The molecule has 1 aromatic carbocycles. The Morgan fingerprint density at radius 1 is 1.32 bits per heavy atom. The standard InChI is InChI=1S/C13H13ClFN3O/c1-8-3-4-9(15)10(5-8)16-12-6-11(14)17-13(18-12)7-19-2/h3-6H,7H2,1-2H3,(H,16,17,18). The molecule has 0 bridgehead atoms. The van der Waals surface area contributed by atoms with Crippen LogP contribution in [0.25, 0.3) is 0 Å². The van der Waals surface area contributed by atoms with Crippen LogP contribution in [-0.4, -0.2) is 17.1 Å². The van der Waals surface area contributed by atoms with Crippen molar-refractivity contribution < 1.29 is 9.13 Å². The minimum atomic E-state index is -0.353. The summed E-state index contributed by atoms with van der Waals surface area (Å²) in [5.74, 6) is 0.510. The molecule has 100 valence electrons. The highest BCUT2D eigenvalue weighted by atomic mass is 35.5. The first-order chi connectivity index (χ1) is 9.08. The van der Waals surface area contributed by atoms with Gasteiger partial charge in [-0.25, -0.2) is 14.4 Å².